The van der Waals surface area contributed by atoms with E-state index in [4.69, 9.17) is 10.5 Å². The van der Waals surface area contributed by atoms with E-state index in [9.17, 15) is 4.79 Å². The number of hydrogen-bond acceptors (Lipinski definition) is 4. The van der Waals surface area contributed by atoms with Crippen molar-refractivity contribution in [1.29, 1.82) is 0 Å². The number of aryl methyl sites for hydroxylation is 1. The first-order chi connectivity index (χ1) is 9.43. The Kier molecular flexibility index (Phi) is 6.48. The van der Waals surface area contributed by atoms with E-state index in [1.54, 1.807) is 13.2 Å². The predicted octanol–water partition coefficient (Wildman–Crippen LogP) is 1.87. The van der Waals surface area contributed by atoms with Crippen molar-refractivity contribution in [3.8, 4) is 0 Å². The Labute approximate surface area is 121 Å². The summed E-state index contributed by atoms with van der Waals surface area (Å²) >= 11 is 0. The molecule has 0 aliphatic carbocycles. The lowest BCUT2D eigenvalue weighted by atomic mass is 10.1. The molecule has 3 N–H and O–H groups in total. The molecule has 20 heavy (non-hydrogen) atoms. The summed E-state index contributed by atoms with van der Waals surface area (Å²) in [5.74, 6) is 0.00865. The minimum atomic E-state index is 0.00865. The fourth-order valence-electron chi connectivity index (χ4n) is 1.91. The first kappa shape index (κ1) is 16.5. The molecule has 1 amide bonds. The van der Waals surface area contributed by atoms with E-state index in [1.807, 2.05) is 26.1 Å². The maximum absolute atomic E-state index is 11.9. The van der Waals surface area contributed by atoms with Gasteiger partial charge in [0.2, 0.25) is 5.91 Å². The van der Waals surface area contributed by atoms with Crippen molar-refractivity contribution in [2.75, 3.05) is 38.4 Å². The Balaban J connectivity index is 2.44. The highest BCUT2D eigenvalue weighted by Gasteiger charge is 2.11. The summed E-state index contributed by atoms with van der Waals surface area (Å²) in [5, 5.41) is 2.91. The lowest BCUT2D eigenvalue weighted by Gasteiger charge is -2.23. The van der Waals surface area contributed by atoms with Crippen molar-refractivity contribution in [2.45, 2.75) is 26.3 Å². The summed E-state index contributed by atoms with van der Waals surface area (Å²) in [4.78, 5) is 14.0. The maximum atomic E-state index is 11.9. The zero-order valence-electron chi connectivity index (χ0n) is 12.8. The number of likely N-dealkylation sites (N-methyl/N-ethyl adjacent to an activating group) is 1. The third-order valence-electron chi connectivity index (χ3n) is 3.38. The Morgan fingerprint density at radius 1 is 1.50 bits per heavy atom. The number of nitrogens with one attached hydrogen (secondary N) is 1. The molecule has 1 aromatic rings. The van der Waals surface area contributed by atoms with Gasteiger partial charge in [-0.1, -0.05) is 0 Å². The maximum Gasteiger partial charge on any atom is 0.225 e. The Morgan fingerprint density at radius 3 is 2.80 bits per heavy atom. The quantitative estimate of drug-likeness (QED) is 0.748. The summed E-state index contributed by atoms with van der Waals surface area (Å²) in [5.41, 5.74) is 8.18. The van der Waals surface area contributed by atoms with Crippen molar-refractivity contribution >= 4 is 17.3 Å². The third-order valence-corrected chi connectivity index (χ3v) is 3.38. The average Bonchev–Trinajstić information content (AvgIpc) is 2.39. The van der Waals surface area contributed by atoms with Gasteiger partial charge in [0.25, 0.3) is 0 Å². The first-order valence-corrected chi connectivity index (χ1v) is 6.79. The van der Waals surface area contributed by atoms with Gasteiger partial charge in [-0.15, -0.1) is 0 Å². The second-order valence-corrected chi connectivity index (χ2v) is 5.16. The zero-order valence-corrected chi connectivity index (χ0v) is 12.8. The molecule has 0 radical (unpaired) electrons. The Morgan fingerprint density at radius 2 is 2.20 bits per heavy atom. The number of benzene rings is 1. The molecular formula is C15H25N3O2. The molecule has 5 heteroatoms. The van der Waals surface area contributed by atoms with E-state index in [2.05, 4.69) is 17.1 Å². The largest absolute Gasteiger partial charge is 0.399 e. The van der Waals surface area contributed by atoms with E-state index in [1.165, 1.54) is 0 Å². The number of anilines is 2. The van der Waals surface area contributed by atoms with Crippen LogP contribution < -0.4 is 11.1 Å². The summed E-state index contributed by atoms with van der Waals surface area (Å²) < 4.78 is 5.10. The summed E-state index contributed by atoms with van der Waals surface area (Å²) in [7, 11) is 3.67. The first-order valence-electron chi connectivity index (χ1n) is 6.79. The van der Waals surface area contributed by atoms with Gasteiger partial charge in [0.15, 0.2) is 0 Å². The van der Waals surface area contributed by atoms with Gasteiger partial charge in [0, 0.05) is 37.5 Å². The average molecular weight is 279 g/mol. The number of nitrogens with two attached hydrogens (primary N) is 1. The number of hydrogen-bond donors (Lipinski definition) is 2. The molecule has 1 atom stereocenters. The van der Waals surface area contributed by atoms with E-state index in [0.29, 0.717) is 31.3 Å². The van der Waals surface area contributed by atoms with Crippen molar-refractivity contribution in [2.24, 2.45) is 0 Å². The van der Waals surface area contributed by atoms with Gasteiger partial charge in [0.1, 0.15) is 0 Å². The summed E-state index contributed by atoms with van der Waals surface area (Å²) in [6, 6.07) is 5.77. The van der Waals surface area contributed by atoms with Crippen molar-refractivity contribution in [3.63, 3.8) is 0 Å². The lowest BCUT2D eigenvalue weighted by molar-refractivity contribution is -0.116. The fourth-order valence-corrected chi connectivity index (χ4v) is 1.91. The van der Waals surface area contributed by atoms with Gasteiger partial charge in [-0.2, -0.15) is 0 Å². The van der Waals surface area contributed by atoms with Crippen LogP contribution in [0, 0.1) is 6.92 Å². The number of ether oxygens (including phenoxy) is 1. The minimum Gasteiger partial charge on any atom is -0.399 e. The smallest absolute Gasteiger partial charge is 0.225 e. The van der Waals surface area contributed by atoms with Crippen molar-refractivity contribution < 1.29 is 9.53 Å². The van der Waals surface area contributed by atoms with E-state index in [-0.39, 0.29) is 5.91 Å². The van der Waals surface area contributed by atoms with Crippen LogP contribution in [0.2, 0.25) is 0 Å². The Hall–Kier alpha value is -1.59. The molecule has 0 saturated heterocycles. The molecule has 0 saturated carbocycles. The third kappa shape index (κ3) is 5.19. The number of nitrogen functional groups attached to an aromatic ring is 1. The molecule has 0 bridgehead atoms. The van der Waals surface area contributed by atoms with Crippen LogP contribution in [0.5, 0.6) is 0 Å². The lowest BCUT2D eigenvalue weighted by Crippen LogP contribution is -2.35. The second-order valence-electron chi connectivity index (χ2n) is 5.16. The van der Waals surface area contributed by atoms with Gasteiger partial charge >= 0.3 is 0 Å². The number of methoxy groups -OCH3 is 1. The van der Waals surface area contributed by atoms with Crippen LogP contribution in [-0.2, 0) is 9.53 Å². The second kappa shape index (κ2) is 7.87. The van der Waals surface area contributed by atoms with E-state index >= 15 is 0 Å². The van der Waals surface area contributed by atoms with Gasteiger partial charge < -0.3 is 20.7 Å². The van der Waals surface area contributed by atoms with Gasteiger partial charge in [-0.25, -0.2) is 0 Å². The highest BCUT2D eigenvalue weighted by molar-refractivity contribution is 5.91. The zero-order chi connectivity index (χ0) is 15.1. The summed E-state index contributed by atoms with van der Waals surface area (Å²) in [6.45, 7) is 5.36. The van der Waals surface area contributed by atoms with Crippen LogP contribution in [-0.4, -0.2) is 44.2 Å². The number of nitrogens with zero attached hydrogens (tertiary/aromatic N) is 1. The molecule has 0 spiro atoms. The monoisotopic (exact) mass is 279 g/mol. The fraction of sp³-hybridized carbons (Fsp3) is 0.533. The Bertz CT molecular complexity index is 449. The predicted molar refractivity (Wildman–Crippen MR) is 82.8 cm³/mol. The molecule has 0 aromatic heterocycles. The molecule has 1 unspecified atom stereocenters. The number of amides is 1. The van der Waals surface area contributed by atoms with Crippen LogP contribution in [0.15, 0.2) is 18.2 Å². The molecule has 0 heterocycles. The number of carbonyl (C=O) groups is 1. The molecule has 112 valence electrons. The molecule has 5 nitrogen and oxygen atoms in total. The van der Waals surface area contributed by atoms with Crippen LogP contribution >= 0.6 is 0 Å². The summed E-state index contributed by atoms with van der Waals surface area (Å²) in [6.07, 6.45) is 0.453. The molecular weight excluding hydrogens is 254 g/mol. The number of carbonyl (C=O) groups excluding carboxylic acids is 1. The molecule has 0 aliphatic rings. The standard InChI is InChI=1S/C15H25N3O2/c1-11-9-13(16)5-6-14(11)17-15(19)7-8-18(3)12(2)10-20-4/h5-6,9,12H,7-8,10,16H2,1-4H3,(H,17,19). The van der Waals surface area contributed by atoms with Gasteiger partial charge in [-0.05, 0) is 44.7 Å². The van der Waals surface area contributed by atoms with Gasteiger partial charge in [0.05, 0.1) is 6.61 Å². The molecule has 0 aliphatic heterocycles. The van der Waals surface area contributed by atoms with E-state index < -0.39 is 0 Å². The van der Waals surface area contributed by atoms with Crippen LogP contribution in [0.4, 0.5) is 11.4 Å². The topological polar surface area (TPSA) is 67.6 Å². The normalized spacial score (nSPS) is 12.4. The SMILES string of the molecule is COCC(C)N(C)CCC(=O)Nc1ccc(N)cc1C. The molecule has 1 aromatic carbocycles. The molecule has 1 rings (SSSR count). The minimum absolute atomic E-state index is 0.00865. The highest BCUT2D eigenvalue weighted by Crippen LogP contribution is 2.17. The molecule has 0 fully saturated rings. The van der Waals surface area contributed by atoms with Crippen LogP contribution in [0.25, 0.3) is 0 Å². The number of rotatable bonds is 7. The van der Waals surface area contributed by atoms with Crippen LogP contribution in [0.3, 0.4) is 0 Å². The van der Waals surface area contributed by atoms with Crippen molar-refractivity contribution in [1.82, 2.24) is 4.90 Å². The van der Waals surface area contributed by atoms with Gasteiger partial charge in [-0.3, -0.25) is 4.79 Å². The van der Waals surface area contributed by atoms with E-state index in [0.717, 1.165) is 11.3 Å². The van der Waals surface area contributed by atoms with Crippen LogP contribution in [0.1, 0.15) is 18.9 Å². The highest BCUT2D eigenvalue weighted by atomic mass is 16.5. The van der Waals surface area contributed by atoms with Crippen molar-refractivity contribution in [3.05, 3.63) is 23.8 Å².